The highest BCUT2D eigenvalue weighted by Crippen LogP contribution is 2.36. The SMILES string of the molecule is COC(=O)CC1C(=O)NCCN1C(=O)CSc1nnnn1C1CC1. The average molecular weight is 354 g/mol. The topological polar surface area (TPSA) is 119 Å². The summed E-state index contributed by atoms with van der Waals surface area (Å²) in [4.78, 5) is 37.4. The molecule has 1 N–H and O–H groups in total. The molecule has 2 heterocycles. The molecule has 1 atom stereocenters. The molecule has 0 spiro atoms. The largest absolute Gasteiger partial charge is 0.469 e. The minimum atomic E-state index is -0.835. The van der Waals surface area contributed by atoms with Crippen molar-refractivity contribution in [3.05, 3.63) is 0 Å². The minimum absolute atomic E-state index is 0.109. The van der Waals surface area contributed by atoms with E-state index in [1.807, 2.05) is 0 Å². The van der Waals surface area contributed by atoms with Crippen molar-refractivity contribution in [1.29, 1.82) is 0 Å². The molecule has 1 aromatic rings. The Hall–Kier alpha value is -2.17. The van der Waals surface area contributed by atoms with Crippen LogP contribution in [0.5, 0.6) is 0 Å². The highest BCUT2D eigenvalue weighted by molar-refractivity contribution is 7.99. The zero-order valence-electron chi connectivity index (χ0n) is 13.2. The van der Waals surface area contributed by atoms with E-state index in [2.05, 4.69) is 25.6 Å². The van der Waals surface area contributed by atoms with Crippen molar-refractivity contribution in [3.8, 4) is 0 Å². The van der Waals surface area contributed by atoms with E-state index in [9.17, 15) is 14.4 Å². The molecule has 2 fully saturated rings. The first-order chi connectivity index (χ1) is 11.6. The highest BCUT2D eigenvalue weighted by Gasteiger charge is 2.35. The van der Waals surface area contributed by atoms with Crippen LogP contribution in [0, 0.1) is 0 Å². The molecule has 0 radical (unpaired) electrons. The summed E-state index contributed by atoms with van der Waals surface area (Å²) in [5.74, 6) is -0.986. The van der Waals surface area contributed by atoms with Crippen molar-refractivity contribution in [2.75, 3.05) is 26.0 Å². The summed E-state index contributed by atoms with van der Waals surface area (Å²) in [5, 5.41) is 14.8. The summed E-state index contributed by atoms with van der Waals surface area (Å²) >= 11 is 1.24. The lowest BCUT2D eigenvalue weighted by Gasteiger charge is -2.34. The average Bonchev–Trinajstić information content (AvgIpc) is 3.32. The molecule has 11 heteroatoms. The molecule has 0 aromatic carbocycles. The number of carbonyl (C=O) groups is 3. The van der Waals surface area contributed by atoms with Gasteiger partial charge in [0, 0.05) is 13.1 Å². The van der Waals surface area contributed by atoms with Gasteiger partial charge in [0.15, 0.2) is 0 Å². The lowest BCUT2D eigenvalue weighted by atomic mass is 10.1. The van der Waals surface area contributed by atoms with Crippen molar-refractivity contribution in [2.24, 2.45) is 0 Å². The second-order valence-corrected chi connectivity index (χ2v) is 6.54. The summed E-state index contributed by atoms with van der Waals surface area (Å²) in [6.07, 6.45) is 1.93. The summed E-state index contributed by atoms with van der Waals surface area (Å²) < 4.78 is 6.33. The summed E-state index contributed by atoms with van der Waals surface area (Å²) in [6.45, 7) is 0.729. The summed E-state index contributed by atoms with van der Waals surface area (Å²) in [5.41, 5.74) is 0. The predicted molar refractivity (Wildman–Crippen MR) is 82.0 cm³/mol. The Morgan fingerprint density at radius 1 is 1.42 bits per heavy atom. The zero-order chi connectivity index (χ0) is 17.1. The molecule has 130 valence electrons. The van der Waals surface area contributed by atoms with E-state index >= 15 is 0 Å². The van der Waals surface area contributed by atoms with Gasteiger partial charge in [-0.15, -0.1) is 5.10 Å². The standard InChI is InChI=1S/C13H18N6O4S/c1-23-11(21)6-9-12(22)14-4-5-18(9)10(20)7-24-13-15-16-17-19(13)8-2-3-8/h8-9H,2-7H2,1H3,(H,14,22). The number of aromatic nitrogens is 4. The van der Waals surface area contributed by atoms with Gasteiger partial charge in [-0.2, -0.15) is 0 Å². The molecule has 2 amide bonds. The van der Waals surface area contributed by atoms with Crippen LogP contribution in [0.2, 0.25) is 0 Å². The maximum Gasteiger partial charge on any atom is 0.308 e. The molecule has 1 unspecified atom stereocenters. The second-order valence-electron chi connectivity index (χ2n) is 5.60. The van der Waals surface area contributed by atoms with Crippen molar-refractivity contribution < 1.29 is 19.1 Å². The Labute approximate surface area is 142 Å². The molecule has 1 aliphatic carbocycles. The van der Waals surface area contributed by atoms with E-state index in [0.29, 0.717) is 24.3 Å². The number of hydrogen-bond acceptors (Lipinski definition) is 8. The number of nitrogens with zero attached hydrogens (tertiary/aromatic N) is 5. The lowest BCUT2D eigenvalue weighted by molar-refractivity contribution is -0.149. The zero-order valence-corrected chi connectivity index (χ0v) is 14.0. The van der Waals surface area contributed by atoms with Gasteiger partial charge in [-0.1, -0.05) is 11.8 Å². The predicted octanol–water partition coefficient (Wildman–Crippen LogP) is -1.01. The van der Waals surface area contributed by atoms with Crippen LogP contribution >= 0.6 is 11.8 Å². The Bertz CT molecular complexity index is 646. The van der Waals surface area contributed by atoms with E-state index < -0.39 is 12.0 Å². The van der Waals surface area contributed by atoms with Crippen LogP contribution in [-0.2, 0) is 19.1 Å². The number of carbonyl (C=O) groups excluding carboxylic acids is 3. The van der Waals surface area contributed by atoms with Gasteiger partial charge in [-0.3, -0.25) is 14.4 Å². The number of methoxy groups -OCH3 is 1. The quantitative estimate of drug-likeness (QED) is 0.510. The van der Waals surface area contributed by atoms with Crippen LogP contribution in [0.3, 0.4) is 0 Å². The van der Waals surface area contributed by atoms with Gasteiger partial charge >= 0.3 is 5.97 Å². The maximum atomic E-state index is 12.5. The van der Waals surface area contributed by atoms with Crippen molar-refractivity contribution in [2.45, 2.75) is 36.5 Å². The van der Waals surface area contributed by atoms with Gasteiger partial charge in [0.1, 0.15) is 6.04 Å². The smallest absolute Gasteiger partial charge is 0.308 e. The van der Waals surface area contributed by atoms with E-state index in [1.54, 1.807) is 4.68 Å². The number of nitrogens with one attached hydrogen (secondary N) is 1. The van der Waals surface area contributed by atoms with Crippen molar-refractivity contribution in [3.63, 3.8) is 0 Å². The van der Waals surface area contributed by atoms with Crippen LogP contribution in [0.15, 0.2) is 5.16 Å². The minimum Gasteiger partial charge on any atom is -0.469 e. The molecular formula is C13H18N6O4S. The molecule has 1 saturated heterocycles. The Balaban J connectivity index is 1.62. The van der Waals surface area contributed by atoms with Gasteiger partial charge in [0.05, 0.1) is 25.3 Å². The molecule has 1 aromatic heterocycles. The molecule has 10 nitrogen and oxygen atoms in total. The number of ether oxygens (including phenoxy) is 1. The lowest BCUT2D eigenvalue weighted by Crippen LogP contribution is -2.58. The van der Waals surface area contributed by atoms with E-state index in [1.165, 1.54) is 23.8 Å². The van der Waals surface area contributed by atoms with Gasteiger partial charge in [-0.25, -0.2) is 4.68 Å². The number of amides is 2. The summed E-state index contributed by atoms with van der Waals surface area (Å²) in [6, 6.07) is -0.510. The molecule has 0 bridgehead atoms. The fraction of sp³-hybridized carbons (Fsp3) is 0.692. The molecule has 1 saturated carbocycles. The van der Waals surface area contributed by atoms with Crippen molar-refractivity contribution in [1.82, 2.24) is 30.4 Å². The maximum absolute atomic E-state index is 12.5. The number of thioether (sulfide) groups is 1. The third kappa shape index (κ3) is 3.66. The number of tetrazole rings is 1. The number of esters is 1. The van der Waals surface area contributed by atoms with Crippen LogP contribution in [0.4, 0.5) is 0 Å². The van der Waals surface area contributed by atoms with Gasteiger partial charge in [0.25, 0.3) is 0 Å². The normalized spacial score (nSPS) is 20.6. The molecular weight excluding hydrogens is 336 g/mol. The fourth-order valence-electron chi connectivity index (χ4n) is 2.50. The van der Waals surface area contributed by atoms with E-state index in [-0.39, 0.29) is 24.0 Å². The first-order valence-electron chi connectivity index (χ1n) is 7.65. The van der Waals surface area contributed by atoms with Crippen LogP contribution < -0.4 is 5.32 Å². The molecule has 2 aliphatic rings. The van der Waals surface area contributed by atoms with Crippen molar-refractivity contribution >= 4 is 29.5 Å². The van der Waals surface area contributed by atoms with E-state index in [0.717, 1.165) is 12.8 Å². The number of rotatable bonds is 6. The van der Waals surface area contributed by atoms with Crippen LogP contribution in [-0.4, -0.2) is 74.9 Å². The fourth-order valence-corrected chi connectivity index (χ4v) is 3.33. The third-order valence-electron chi connectivity index (χ3n) is 3.92. The number of piperazine rings is 1. The summed E-state index contributed by atoms with van der Waals surface area (Å²) in [7, 11) is 1.25. The Morgan fingerprint density at radius 3 is 2.92 bits per heavy atom. The van der Waals surface area contributed by atoms with Gasteiger partial charge in [-0.05, 0) is 23.3 Å². The van der Waals surface area contributed by atoms with Crippen LogP contribution in [0.1, 0.15) is 25.3 Å². The molecule has 1 aliphatic heterocycles. The number of hydrogen-bond donors (Lipinski definition) is 1. The Kier molecular flexibility index (Phi) is 4.97. The highest BCUT2D eigenvalue weighted by atomic mass is 32.2. The molecule has 3 rings (SSSR count). The van der Waals surface area contributed by atoms with Gasteiger partial charge < -0.3 is 15.0 Å². The third-order valence-corrected chi connectivity index (χ3v) is 4.84. The first kappa shape index (κ1) is 16.7. The van der Waals surface area contributed by atoms with Gasteiger partial charge in [0.2, 0.25) is 17.0 Å². The monoisotopic (exact) mass is 354 g/mol. The Morgan fingerprint density at radius 2 is 2.21 bits per heavy atom. The second kappa shape index (κ2) is 7.16. The van der Waals surface area contributed by atoms with E-state index in [4.69, 9.17) is 0 Å². The van der Waals surface area contributed by atoms with Crippen LogP contribution in [0.25, 0.3) is 0 Å². The molecule has 24 heavy (non-hydrogen) atoms. The first-order valence-corrected chi connectivity index (χ1v) is 8.63.